The molecule has 1 aromatic heterocycles. The summed E-state index contributed by atoms with van der Waals surface area (Å²) in [5, 5.41) is 6.05. The highest BCUT2D eigenvalue weighted by Crippen LogP contribution is 2.33. The number of methoxy groups -OCH3 is 1. The van der Waals surface area contributed by atoms with E-state index >= 15 is 0 Å². The van der Waals surface area contributed by atoms with Crippen LogP contribution in [0.15, 0.2) is 30.5 Å². The number of nitrogens with one attached hydrogen (secondary N) is 2. The van der Waals surface area contributed by atoms with E-state index in [4.69, 9.17) is 4.74 Å². The minimum Gasteiger partial charge on any atom is -0.495 e. The summed E-state index contributed by atoms with van der Waals surface area (Å²) in [4.78, 5) is 8.05. The maximum atomic E-state index is 13.5. The van der Waals surface area contributed by atoms with Gasteiger partial charge in [0.05, 0.1) is 24.1 Å². The van der Waals surface area contributed by atoms with Crippen molar-refractivity contribution < 1.29 is 17.9 Å². The molecule has 2 aromatic rings. The number of nitrogens with zero attached hydrogens (tertiary/aromatic N) is 2. The van der Waals surface area contributed by atoms with Gasteiger partial charge in [0, 0.05) is 12.7 Å². The molecule has 1 heterocycles. The van der Waals surface area contributed by atoms with E-state index < -0.39 is 11.7 Å². The summed E-state index contributed by atoms with van der Waals surface area (Å²) < 4.78 is 45.9. The molecule has 32 heavy (non-hydrogen) atoms. The number of rotatable bonds is 9. The molecular formula is C24H31F3N4O. The van der Waals surface area contributed by atoms with Crippen molar-refractivity contribution in [2.45, 2.75) is 57.7 Å². The van der Waals surface area contributed by atoms with Crippen LogP contribution in [0.5, 0.6) is 5.75 Å². The summed E-state index contributed by atoms with van der Waals surface area (Å²) in [6.45, 7) is 0.670. The molecule has 1 aromatic carbocycles. The van der Waals surface area contributed by atoms with Gasteiger partial charge in [-0.3, -0.25) is 0 Å². The molecule has 5 nitrogen and oxygen atoms in total. The lowest BCUT2D eigenvalue weighted by Crippen LogP contribution is -2.11. The number of benzene rings is 1. The second-order valence-corrected chi connectivity index (χ2v) is 8.16. The molecule has 0 saturated heterocycles. The van der Waals surface area contributed by atoms with Gasteiger partial charge in [0.25, 0.3) is 0 Å². The minimum atomic E-state index is -4.52. The number of alkyl halides is 3. The third kappa shape index (κ3) is 6.69. The summed E-state index contributed by atoms with van der Waals surface area (Å²) in [6, 6.07) is 5.55. The molecule has 1 aliphatic rings. The van der Waals surface area contributed by atoms with E-state index in [0.717, 1.165) is 24.6 Å². The first kappa shape index (κ1) is 24.0. The molecule has 0 radical (unpaired) electrons. The summed E-state index contributed by atoms with van der Waals surface area (Å²) in [6.07, 6.45) is 7.57. The van der Waals surface area contributed by atoms with Crippen LogP contribution in [0.3, 0.4) is 0 Å². The van der Waals surface area contributed by atoms with Crippen molar-refractivity contribution in [2.75, 3.05) is 19.5 Å². The lowest BCUT2D eigenvalue weighted by Gasteiger charge is -2.20. The Balaban J connectivity index is 1.77. The molecule has 0 bridgehead atoms. The zero-order chi connectivity index (χ0) is 23.0. The molecule has 3 rings (SSSR count). The number of halogens is 3. The van der Waals surface area contributed by atoms with Crippen LogP contribution < -0.4 is 15.4 Å². The maximum Gasteiger partial charge on any atom is 0.419 e. The number of allylic oxidation sites excluding steroid dienone is 1. The van der Waals surface area contributed by atoms with Crippen LogP contribution in [-0.4, -0.2) is 24.1 Å². The van der Waals surface area contributed by atoms with Crippen molar-refractivity contribution in [2.24, 2.45) is 5.92 Å². The molecule has 0 amide bonds. The van der Waals surface area contributed by atoms with E-state index in [0.29, 0.717) is 23.9 Å². The summed E-state index contributed by atoms with van der Waals surface area (Å²) in [7, 11) is 3.39. The maximum absolute atomic E-state index is 13.5. The predicted molar refractivity (Wildman–Crippen MR) is 121 cm³/mol. The van der Waals surface area contributed by atoms with Crippen LogP contribution in [0.25, 0.3) is 6.08 Å². The van der Waals surface area contributed by atoms with Gasteiger partial charge in [-0.05, 0) is 49.6 Å². The molecule has 1 aliphatic carbocycles. The van der Waals surface area contributed by atoms with E-state index in [1.165, 1.54) is 45.3 Å². The van der Waals surface area contributed by atoms with Gasteiger partial charge in [0.2, 0.25) is 5.95 Å². The summed E-state index contributed by atoms with van der Waals surface area (Å²) in [5.41, 5.74) is 0.627. The Hall–Kier alpha value is -2.61. The Morgan fingerprint density at radius 3 is 2.66 bits per heavy atom. The van der Waals surface area contributed by atoms with E-state index in [1.54, 1.807) is 12.1 Å². The number of hydrogen-bond acceptors (Lipinski definition) is 5. The number of ether oxygens (including phenoxy) is 1. The molecule has 1 fully saturated rings. The number of anilines is 2. The largest absolute Gasteiger partial charge is 0.495 e. The molecule has 174 valence electrons. The highest BCUT2D eigenvalue weighted by atomic mass is 19.4. The number of aromatic nitrogens is 2. The van der Waals surface area contributed by atoms with E-state index in [9.17, 15) is 13.2 Å². The molecule has 0 spiro atoms. The van der Waals surface area contributed by atoms with Crippen molar-refractivity contribution in [3.8, 4) is 5.75 Å². The smallest absolute Gasteiger partial charge is 0.419 e. The van der Waals surface area contributed by atoms with Crippen LogP contribution in [-0.2, 0) is 12.7 Å². The highest BCUT2D eigenvalue weighted by molar-refractivity contribution is 5.64. The second-order valence-electron chi connectivity index (χ2n) is 8.16. The Kier molecular flexibility index (Phi) is 8.50. The summed E-state index contributed by atoms with van der Waals surface area (Å²) in [5.74, 6) is 1.33. The minimum absolute atomic E-state index is 0.0876. The first-order valence-electron chi connectivity index (χ1n) is 11.1. The fraction of sp³-hybridized carbons (Fsp3) is 0.500. The second kappa shape index (κ2) is 11.3. The molecule has 1 saturated carbocycles. The van der Waals surface area contributed by atoms with Crippen molar-refractivity contribution in [3.05, 3.63) is 47.3 Å². The lowest BCUT2D eigenvalue weighted by atomic mass is 9.86. The zero-order valence-corrected chi connectivity index (χ0v) is 18.6. The topological polar surface area (TPSA) is 59.1 Å². The standard InChI is InChI=1S/C24H31F3N4O/c1-28-15-18-12-13-21(22(14-18)32-2)31-23-29-16-19(24(25,26)27)20(30-23)11-7-6-10-17-8-4-3-5-9-17/h7,11-14,16-17,28H,3-6,8-10,15H2,1-2H3,(H,29,30,31). The van der Waals surface area contributed by atoms with Crippen LogP contribution in [0, 0.1) is 5.92 Å². The van der Waals surface area contributed by atoms with Crippen molar-refractivity contribution in [3.63, 3.8) is 0 Å². The van der Waals surface area contributed by atoms with Crippen LogP contribution in [0.1, 0.15) is 61.8 Å². The van der Waals surface area contributed by atoms with Gasteiger partial charge in [-0.25, -0.2) is 9.97 Å². The third-order valence-electron chi connectivity index (χ3n) is 5.76. The quantitative estimate of drug-likeness (QED) is 0.469. The van der Waals surface area contributed by atoms with Gasteiger partial charge in [0.15, 0.2) is 0 Å². The van der Waals surface area contributed by atoms with Gasteiger partial charge < -0.3 is 15.4 Å². The average Bonchev–Trinajstić information content (AvgIpc) is 2.78. The van der Waals surface area contributed by atoms with Crippen molar-refractivity contribution >= 4 is 17.7 Å². The molecule has 0 unspecified atom stereocenters. The Morgan fingerprint density at radius 1 is 1.19 bits per heavy atom. The number of hydrogen-bond donors (Lipinski definition) is 2. The Morgan fingerprint density at radius 2 is 1.97 bits per heavy atom. The lowest BCUT2D eigenvalue weighted by molar-refractivity contribution is -0.138. The highest BCUT2D eigenvalue weighted by Gasteiger charge is 2.34. The third-order valence-corrected chi connectivity index (χ3v) is 5.76. The van der Waals surface area contributed by atoms with E-state index in [-0.39, 0.29) is 11.6 Å². The van der Waals surface area contributed by atoms with E-state index in [1.807, 2.05) is 19.2 Å². The first-order valence-corrected chi connectivity index (χ1v) is 11.1. The van der Waals surface area contributed by atoms with Gasteiger partial charge >= 0.3 is 6.18 Å². The van der Waals surface area contributed by atoms with Crippen molar-refractivity contribution in [1.82, 2.24) is 15.3 Å². The van der Waals surface area contributed by atoms with Gasteiger partial charge in [0.1, 0.15) is 5.75 Å². The molecule has 2 N–H and O–H groups in total. The zero-order valence-electron chi connectivity index (χ0n) is 18.6. The fourth-order valence-corrected chi connectivity index (χ4v) is 4.08. The first-order chi connectivity index (χ1) is 15.4. The Labute approximate surface area is 187 Å². The fourth-order valence-electron chi connectivity index (χ4n) is 4.08. The average molecular weight is 449 g/mol. The van der Waals surface area contributed by atoms with Crippen molar-refractivity contribution in [1.29, 1.82) is 0 Å². The molecule has 0 atom stereocenters. The van der Waals surface area contributed by atoms with Gasteiger partial charge in [-0.2, -0.15) is 13.2 Å². The predicted octanol–water partition coefficient (Wildman–Crippen LogP) is 6.34. The molecular weight excluding hydrogens is 417 g/mol. The normalized spacial score (nSPS) is 15.3. The Bertz CT molecular complexity index is 909. The molecule has 0 aliphatic heterocycles. The van der Waals surface area contributed by atoms with Crippen LogP contribution >= 0.6 is 0 Å². The van der Waals surface area contributed by atoms with Crippen LogP contribution in [0.4, 0.5) is 24.8 Å². The van der Waals surface area contributed by atoms with Crippen LogP contribution in [0.2, 0.25) is 0 Å². The molecule has 8 heteroatoms. The van der Waals surface area contributed by atoms with E-state index in [2.05, 4.69) is 20.6 Å². The monoisotopic (exact) mass is 448 g/mol. The SMILES string of the molecule is CNCc1ccc(Nc2ncc(C(F)(F)F)c(C=CCCC3CCCCC3)n2)c(OC)c1. The summed E-state index contributed by atoms with van der Waals surface area (Å²) >= 11 is 0. The van der Waals surface area contributed by atoms with Gasteiger partial charge in [-0.15, -0.1) is 0 Å². The van der Waals surface area contributed by atoms with Gasteiger partial charge in [-0.1, -0.05) is 44.2 Å².